The van der Waals surface area contributed by atoms with Gasteiger partial charge in [-0.1, -0.05) is 26.0 Å². The van der Waals surface area contributed by atoms with Gasteiger partial charge >= 0.3 is 0 Å². The molecule has 3 aromatic rings. The lowest BCUT2D eigenvalue weighted by Crippen LogP contribution is -2.04. The fraction of sp³-hybridized carbons (Fsp3) is 0.368. The largest absolute Gasteiger partial charge is 0.396 e. The molecule has 0 unspecified atom stereocenters. The Labute approximate surface area is 150 Å². The van der Waals surface area contributed by atoms with Crippen LogP contribution in [0.15, 0.2) is 28.7 Å². The van der Waals surface area contributed by atoms with E-state index in [4.69, 9.17) is 10.1 Å². The number of fused-ring (bicyclic) bond motifs is 1. The van der Waals surface area contributed by atoms with Crippen molar-refractivity contribution in [3.8, 4) is 5.69 Å². The molecule has 0 saturated carbocycles. The topological polar surface area (TPSA) is 50.9 Å². The molecule has 0 amide bonds. The van der Waals surface area contributed by atoms with E-state index in [0.717, 1.165) is 44.0 Å². The summed E-state index contributed by atoms with van der Waals surface area (Å²) in [4.78, 5) is 9.46. The number of pyridine rings is 1. The van der Waals surface area contributed by atoms with E-state index in [1.54, 1.807) is 0 Å². The highest BCUT2D eigenvalue weighted by Crippen LogP contribution is 2.32. The van der Waals surface area contributed by atoms with Gasteiger partial charge in [0.1, 0.15) is 5.82 Å². The Morgan fingerprint density at radius 3 is 2.38 bits per heavy atom. The van der Waals surface area contributed by atoms with Gasteiger partial charge in [0.2, 0.25) is 0 Å². The van der Waals surface area contributed by atoms with Gasteiger partial charge in [-0.3, -0.25) is 4.57 Å². The highest BCUT2D eigenvalue weighted by atomic mass is 79.9. The van der Waals surface area contributed by atoms with E-state index in [-0.39, 0.29) is 12.5 Å². The Hall–Kier alpha value is -1.72. The second-order valence-electron chi connectivity index (χ2n) is 6.41. The van der Waals surface area contributed by atoms with Crippen LogP contribution < -0.4 is 0 Å². The molecule has 0 aliphatic rings. The Balaban J connectivity index is 2.28. The molecule has 4 nitrogen and oxygen atoms in total. The number of aliphatic hydroxyl groups excluding tert-OH is 1. The monoisotopic (exact) mass is 387 g/mol. The summed E-state index contributed by atoms with van der Waals surface area (Å²) >= 11 is 3.65. The maximum atomic E-state index is 9.10. The summed E-state index contributed by atoms with van der Waals surface area (Å²) < 4.78 is 3.23. The van der Waals surface area contributed by atoms with Crippen molar-refractivity contribution < 1.29 is 5.11 Å². The molecule has 126 valence electrons. The molecule has 0 saturated heterocycles. The van der Waals surface area contributed by atoms with Gasteiger partial charge < -0.3 is 5.11 Å². The van der Waals surface area contributed by atoms with Crippen molar-refractivity contribution in [1.29, 1.82) is 0 Å². The van der Waals surface area contributed by atoms with Crippen molar-refractivity contribution in [1.82, 2.24) is 14.5 Å². The van der Waals surface area contributed by atoms with Crippen molar-refractivity contribution in [2.45, 2.75) is 40.0 Å². The highest BCUT2D eigenvalue weighted by molar-refractivity contribution is 9.10. The van der Waals surface area contributed by atoms with Crippen LogP contribution in [0.3, 0.4) is 0 Å². The summed E-state index contributed by atoms with van der Waals surface area (Å²) in [7, 11) is 0. The van der Waals surface area contributed by atoms with Crippen LogP contribution in [0.5, 0.6) is 0 Å². The van der Waals surface area contributed by atoms with Crippen molar-refractivity contribution >= 4 is 27.1 Å². The predicted octanol–water partition coefficient (Wildman–Crippen LogP) is 4.46. The molecule has 0 fully saturated rings. The SMILES string of the molecule is Cc1nc2nc(C(C)C)n(-c3ccc(CCO)cc3)c2c(C)c1Br. The van der Waals surface area contributed by atoms with E-state index in [9.17, 15) is 0 Å². The molecule has 5 heteroatoms. The van der Waals surface area contributed by atoms with Crippen LogP contribution in [-0.2, 0) is 6.42 Å². The molecular formula is C19H22BrN3O. The van der Waals surface area contributed by atoms with E-state index in [1.807, 2.05) is 6.92 Å². The van der Waals surface area contributed by atoms with Crippen LogP contribution in [0.1, 0.15) is 42.4 Å². The lowest BCUT2D eigenvalue weighted by molar-refractivity contribution is 0.299. The van der Waals surface area contributed by atoms with E-state index >= 15 is 0 Å². The van der Waals surface area contributed by atoms with Crippen molar-refractivity contribution in [3.05, 3.63) is 51.4 Å². The van der Waals surface area contributed by atoms with Crippen LogP contribution in [0.25, 0.3) is 16.9 Å². The predicted molar refractivity (Wildman–Crippen MR) is 101 cm³/mol. The summed E-state index contributed by atoms with van der Waals surface area (Å²) in [6, 6.07) is 8.30. The Kier molecular flexibility index (Phi) is 4.74. The van der Waals surface area contributed by atoms with Gasteiger partial charge in [0.05, 0.1) is 11.2 Å². The summed E-state index contributed by atoms with van der Waals surface area (Å²) in [5.74, 6) is 1.29. The van der Waals surface area contributed by atoms with E-state index in [2.05, 4.69) is 70.5 Å². The fourth-order valence-electron chi connectivity index (χ4n) is 3.01. The van der Waals surface area contributed by atoms with Crippen LogP contribution in [0, 0.1) is 13.8 Å². The molecule has 1 aromatic carbocycles. The van der Waals surface area contributed by atoms with Gasteiger partial charge in [0.25, 0.3) is 0 Å². The minimum Gasteiger partial charge on any atom is -0.396 e. The number of aryl methyl sites for hydroxylation is 2. The molecule has 0 aliphatic carbocycles. The zero-order chi connectivity index (χ0) is 17.4. The highest BCUT2D eigenvalue weighted by Gasteiger charge is 2.20. The summed E-state index contributed by atoms with van der Waals surface area (Å²) in [5.41, 5.74) is 6.14. The summed E-state index contributed by atoms with van der Waals surface area (Å²) in [6.45, 7) is 8.56. The van der Waals surface area contributed by atoms with Gasteiger partial charge in [0.15, 0.2) is 5.65 Å². The minimum absolute atomic E-state index is 0.167. The standard InChI is InChI=1S/C19H22BrN3O/c1-11(2)19-22-18-17(12(3)16(20)13(4)21-18)23(19)15-7-5-14(6-8-15)9-10-24/h5-8,11,24H,9-10H2,1-4H3. The maximum absolute atomic E-state index is 9.10. The van der Waals surface area contributed by atoms with E-state index in [0.29, 0.717) is 6.42 Å². The number of aliphatic hydroxyl groups is 1. The third kappa shape index (κ3) is 2.87. The summed E-state index contributed by atoms with van der Waals surface area (Å²) in [6.07, 6.45) is 0.674. The third-order valence-electron chi connectivity index (χ3n) is 4.27. The first-order valence-electron chi connectivity index (χ1n) is 8.19. The maximum Gasteiger partial charge on any atom is 0.178 e. The Morgan fingerprint density at radius 1 is 1.12 bits per heavy atom. The average Bonchev–Trinajstić information content (AvgIpc) is 2.93. The number of aromatic nitrogens is 3. The first-order chi connectivity index (χ1) is 11.4. The number of benzene rings is 1. The molecule has 3 rings (SSSR count). The molecule has 1 N–H and O–H groups in total. The molecule has 2 heterocycles. The normalized spacial score (nSPS) is 11.6. The molecular weight excluding hydrogens is 366 g/mol. The van der Waals surface area contributed by atoms with Crippen molar-refractivity contribution in [3.63, 3.8) is 0 Å². The Bertz CT molecular complexity index is 882. The van der Waals surface area contributed by atoms with Crippen LogP contribution in [0.2, 0.25) is 0 Å². The molecule has 0 radical (unpaired) electrons. The van der Waals surface area contributed by atoms with Gasteiger partial charge in [0, 0.05) is 22.7 Å². The van der Waals surface area contributed by atoms with Crippen LogP contribution in [0.4, 0.5) is 0 Å². The number of halogens is 1. The molecule has 2 aromatic heterocycles. The summed E-state index contributed by atoms with van der Waals surface area (Å²) in [5, 5.41) is 9.10. The zero-order valence-corrected chi connectivity index (χ0v) is 16.1. The quantitative estimate of drug-likeness (QED) is 0.718. The second-order valence-corrected chi connectivity index (χ2v) is 7.20. The number of hydrogen-bond donors (Lipinski definition) is 1. The van der Waals surface area contributed by atoms with E-state index < -0.39 is 0 Å². The zero-order valence-electron chi connectivity index (χ0n) is 14.5. The lowest BCUT2D eigenvalue weighted by atomic mass is 10.1. The van der Waals surface area contributed by atoms with Gasteiger partial charge in [-0.05, 0) is 59.5 Å². The first-order valence-corrected chi connectivity index (χ1v) is 8.98. The average molecular weight is 388 g/mol. The number of hydrogen-bond acceptors (Lipinski definition) is 3. The number of imidazole rings is 1. The fourth-order valence-corrected chi connectivity index (χ4v) is 3.29. The second kappa shape index (κ2) is 6.65. The van der Waals surface area contributed by atoms with Gasteiger partial charge in [-0.15, -0.1) is 0 Å². The van der Waals surface area contributed by atoms with Crippen LogP contribution >= 0.6 is 15.9 Å². The lowest BCUT2D eigenvalue weighted by Gasteiger charge is -2.14. The molecule has 0 atom stereocenters. The first kappa shape index (κ1) is 17.1. The molecule has 24 heavy (non-hydrogen) atoms. The van der Waals surface area contributed by atoms with E-state index in [1.165, 1.54) is 0 Å². The number of nitrogens with zero attached hydrogens (tertiary/aromatic N) is 3. The third-order valence-corrected chi connectivity index (χ3v) is 5.44. The smallest absolute Gasteiger partial charge is 0.178 e. The molecule has 0 aliphatic heterocycles. The molecule has 0 spiro atoms. The molecule has 0 bridgehead atoms. The minimum atomic E-state index is 0.167. The Morgan fingerprint density at radius 2 is 1.79 bits per heavy atom. The number of rotatable bonds is 4. The van der Waals surface area contributed by atoms with Crippen LogP contribution in [-0.4, -0.2) is 26.2 Å². The van der Waals surface area contributed by atoms with Gasteiger partial charge in [-0.25, -0.2) is 9.97 Å². The van der Waals surface area contributed by atoms with Gasteiger partial charge in [-0.2, -0.15) is 0 Å². The van der Waals surface area contributed by atoms with Crippen molar-refractivity contribution in [2.24, 2.45) is 0 Å². The van der Waals surface area contributed by atoms with Crippen molar-refractivity contribution in [2.75, 3.05) is 6.61 Å².